The first-order valence-electron chi connectivity index (χ1n) is 7.70. The molecule has 25 heavy (non-hydrogen) atoms. The van der Waals surface area contributed by atoms with Gasteiger partial charge in [-0.3, -0.25) is 4.79 Å². The number of aryl methyl sites for hydroxylation is 1. The second-order valence-electron chi connectivity index (χ2n) is 5.85. The maximum Gasteiger partial charge on any atom is 0.309 e. The Balaban J connectivity index is 1.87. The van der Waals surface area contributed by atoms with E-state index in [4.69, 9.17) is 4.74 Å². The molecular formula is C17H18N2O4S2. The molecule has 132 valence electrons. The Morgan fingerprint density at radius 3 is 2.64 bits per heavy atom. The quantitative estimate of drug-likeness (QED) is 0.654. The Hall–Kier alpha value is -2.19. The molecule has 6 nitrogen and oxygen atoms in total. The average Bonchev–Trinajstić information content (AvgIpc) is 3.08. The van der Waals surface area contributed by atoms with Gasteiger partial charge in [0, 0.05) is 16.9 Å². The number of benzene rings is 1. The minimum absolute atomic E-state index is 0.147. The number of hydrazone groups is 1. The Morgan fingerprint density at radius 2 is 1.96 bits per heavy atom. The number of thiophene rings is 1. The molecule has 0 saturated heterocycles. The Morgan fingerprint density at radius 1 is 1.24 bits per heavy atom. The molecule has 8 heteroatoms. The highest BCUT2D eigenvalue weighted by molar-refractivity contribution is 7.89. The second-order valence-corrected chi connectivity index (χ2v) is 8.51. The number of ether oxygens (including phenoxy) is 1. The summed E-state index contributed by atoms with van der Waals surface area (Å²) in [5, 5.41) is 6.02. The summed E-state index contributed by atoms with van der Waals surface area (Å²) in [5.41, 5.74) is 2.41. The van der Waals surface area contributed by atoms with Crippen molar-refractivity contribution in [2.24, 2.45) is 11.0 Å². The van der Waals surface area contributed by atoms with Crippen molar-refractivity contribution in [1.29, 1.82) is 0 Å². The third kappa shape index (κ3) is 3.74. The smallest absolute Gasteiger partial charge is 0.309 e. The normalized spacial score (nSPS) is 18.6. The van der Waals surface area contributed by atoms with Gasteiger partial charge in [0.1, 0.15) is 0 Å². The van der Waals surface area contributed by atoms with Gasteiger partial charge in [-0.05, 0) is 36.9 Å². The number of methoxy groups -OCH3 is 1. The van der Waals surface area contributed by atoms with Gasteiger partial charge in [0.2, 0.25) is 0 Å². The topological polar surface area (TPSA) is 84.8 Å². The fraction of sp³-hybridized carbons (Fsp3) is 0.294. The molecule has 0 radical (unpaired) electrons. The predicted octanol–water partition coefficient (Wildman–Crippen LogP) is 2.47. The fourth-order valence-electron chi connectivity index (χ4n) is 2.72. The van der Waals surface area contributed by atoms with Gasteiger partial charge in [0.05, 0.1) is 23.6 Å². The number of hydrogen-bond donors (Lipinski definition) is 1. The van der Waals surface area contributed by atoms with Crippen LogP contribution in [0.1, 0.15) is 22.4 Å². The zero-order chi connectivity index (χ0) is 18.0. The first-order valence-corrected chi connectivity index (χ1v) is 10.1. The number of esters is 1. The van der Waals surface area contributed by atoms with E-state index in [1.807, 2.05) is 18.4 Å². The summed E-state index contributed by atoms with van der Waals surface area (Å²) in [7, 11) is -2.41. The summed E-state index contributed by atoms with van der Waals surface area (Å²) in [5.74, 6) is -0.660. The van der Waals surface area contributed by atoms with Gasteiger partial charge >= 0.3 is 5.97 Å². The number of fused-ring (bicyclic) bond motifs is 1. The molecule has 0 bridgehead atoms. The average molecular weight is 378 g/mol. The first kappa shape index (κ1) is 17.6. The van der Waals surface area contributed by atoms with E-state index in [1.54, 1.807) is 12.1 Å². The van der Waals surface area contributed by atoms with Crippen LogP contribution in [-0.2, 0) is 26.0 Å². The van der Waals surface area contributed by atoms with E-state index in [-0.39, 0.29) is 16.8 Å². The lowest BCUT2D eigenvalue weighted by atomic mass is 9.87. The number of carbonyl (C=O) groups excluding carboxylic acids is 1. The summed E-state index contributed by atoms with van der Waals surface area (Å²) in [6, 6.07) is 8.42. The molecule has 3 rings (SSSR count). The minimum Gasteiger partial charge on any atom is -0.469 e. The number of nitrogens with one attached hydrogen (secondary N) is 1. The van der Waals surface area contributed by atoms with Crippen molar-refractivity contribution in [3.8, 4) is 0 Å². The van der Waals surface area contributed by atoms with Gasteiger partial charge < -0.3 is 4.74 Å². The van der Waals surface area contributed by atoms with Crippen molar-refractivity contribution in [2.45, 2.75) is 24.7 Å². The van der Waals surface area contributed by atoms with Crippen molar-refractivity contribution in [2.75, 3.05) is 7.11 Å². The Kier molecular flexibility index (Phi) is 4.91. The predicted molar refractivity (Wildman–Crippen MR) is 96.2 cm³/mol. The maximum absolute atomic E-state index is 12.4. The molecular weight excluding hydrogens is 360 g/mol. The van der Waals surface area contributed by atoms with Gasteiger partial charge in [0.15, 0.2) is 0 Å². The third-order valence-electron chi connectivity index (χ3n) is 4.09. The molecule has 0 aliphatic heterocycles. The molecule has 1 aromatic carbocycles. The van der Waals surface area contributed by atoms with E-state index >= 15 is 0 Å². The van der Waals surface area contributed by atoms with Crippen LogP contribution in [0.5, 0.6) is 0 Å². The molecule has 0 saturated carbocycles. The summed E-state index contributed by atoms with van der Waals surface area (Å²) < 4.78 is 29.6. The lowest BCUT2D eigenvalue weighted by Crippen LogP contribution is -2.29. The van der Waals surface area contributed by atoms with Gasteiger partial charge in [-0.25, -0.2) is 0 Å². The highest BCUT2D eigenvalue weighted by Crippen LogP contribution is 2.30. The zero-order valence-electron chi connectivity index (χ0n) is 13.9. The molecule has 1 aliphatic carbocycles. The summed E-state index contributed by atoms with van der Waals surface area (Å²) in [6.07, 6.45) is 0.927. The fourth-order valence-corrected chi connectivity index (χ4v) is 4.53. The van der Waals surface area contributed by atoms with Crippen molar-refractivity contribution in [1.82, 2.24) is 4.83 Å². The molecule has 0 amide bonds. The van der Waals surface area contributed by atoms with Crippen LogP contribution >= 0.6 is 11.3 Å². The van der Waals surface area contributed by atoms with Gasteiger partial charge in [-0.15, -0.1) is 11.3 Å². The number of nitrogens with zero attached hydrogens (tertiary/aromatic N) is 1. The molecule has 1 N–H and O–H groups in total. The molecule has 0 spiro atoms. The second kappa shape index (κ2) is 6.97. The van der Waals surface area contributed by atoms with Gasteiger partial charge in [0.25, 0.3) is 10.0 Å². The van der Waals surface area contributed by atoms with Crippen LogP contribution in [0, 0.1) is 12.8 Å². The first-order chi connectivity index (χ1) is 11.9. The van der Waals surface area contributed by atoms with Crippen LogP contribution in [0.2, 0.25) is 0 Å². The van der Waals surface area contributed by atoms with E-state index in [1.165, 1.54) is 30.6 Å². The molecule has 0 fully saturated rings. The largest absolute Gasteiger partial charge is 0.469 e. The monoisotopic (exact) mass is 378 g/mol. The maximum atomic E-state index is 12.4. The standard InChI is InChI=1S/C17H18N2O4S2/c1-11-3-5-13(6-4-11)25(21,22)19-18-15-9-12(17(20)23-2)10-16-14(15)7-8-24-16/h3-8,12,19H,9-10H2,1-2H3/b18-15-/t12-/m0/s1. The van der Waals surface area contributed by atoms with Crippen LogP contribution in [0.4, 0.5) is 0 Å². The highest BCUT2D eigenvalue weighted by atomic mass is 32.2. The molecule has 0 unspecified atom stereocenters. The zero-order valence-corrected chi connectivity index (χ0v) is 15.5. The van der Waals surface area contributed by atoms with Gasteiger partial charge in [-0.1, -0.05) is 17.7 Å². The summed E-state index contributed by atoms with van der Waals surface area (Å²) >= 11 is 1.53. The number of carbonyl (C=O) groups is 1. The third-order valence-corrected chi connectivity index (χ3v) is 6.26. The lowest BCUT2D eigenvalue weighted by Gasteiger charge is -2.21. The molecule has 1 heterocycles. The van der Waals surface area contributed by atoms with E-state index < -0.39 is 10.0 Å². The van der Waals surface area contributed by atoms with Crippen LogP contribution in [-0.4, -0.2) is 27.2 Å². The molecule has 2 aromatic rings. The number of rotatable bonds is 4. The SMILES string of the molecule is COC(=O)[C@H]1C/C(=N/NS(=O)(=O)c2ccc(C)cc2)c2ccsc2C1. The van der Waals surface area contributed by atoms with Crippen LogP contribution in [0.15, 0.2) is 45.7 Å². The molecule has 1 atom stereocenters. The molecule has 1 aromatic heterocycles. The van der Waals surface area contributed by atoms with Crippen molar-refractivity contribution in [3.05, 3.63) is 51.7 Å². The van der Waals surface area contributed by atoms with Crippen molar-refractivity contribution >= 4 is 33.0 Å². The van der Waals surface area contributed by atoms with Crippen LogP contribution in [0.3, 0.4) is 0 Å². The van der Waals surface area contributed by atoms with Gasteiger partial charge in [-0.2, -0.15) is 18.4 Å². The minimum atomic E-state index is -3.76. The highest BCUT2D eigenvalue weighted by Gasteiger charge is 2.30. The van der Waals surface area contributed by atoms with E-state index in [2.05, 4.69) is 9.93 Å². The van der Waals surface area contributed by atoms with Crippen LogP contribution in [0.25, 0.3) is 0 Å². The summed E-state index contributed by atoms with van der Waals surface area (Å²) in [6.45, 7) is 1.89. The Bertz CT molecular complexity index is 914. The lowest BCUT2D eigenvalue weighted by molar-refractivity contribution is -0.145. The molecule has 1 aliphatic rings. The van der Waals surface area contributed by atoms with E-state index in [9.17, 15) is 13.2 Å². The Labute approximate surface area is 150 Å². The van der Waals surface area contributed by atoms with Crippen molar-refractivity contribution in [3.63, 3.8) is 0 Å². The summed E-state index contributed by atoms with van der Waals surface area (Å²) in [4.78, 5) is 15.3. The van der Waals surface area contributed by atoms with Crippen LogP contribution < -0.4 is 4.83 Å². The van der Waals surface area contributed by atoms with E-state index in [0.717, 1.165) is 16.0 Å². The number of sulfonamides is 1. The van der Waals surface area contributed by atoms with E-state index in [0.29, 0.717) is 18.6 Å². The van der Waals surface area contributed by atoms with Crippen molar-refractivity contribution < 1.29 is 17.9 Å². The number of hydrogen-bond acceptors (Lipinski definition) is 6.